The van der Waals surface area contributed by atoms with E-state index in [1.165, 1.54) is 12.0 Å². The summed E-state index contributed by atoms with van der Waals surface area (Å²) in [4.78, 5) is 22.6. The molecule has 0 aliphatic carbocycles. The zero-order chi connectivity index (χ0) is 9.84. The second kappa shape index (κ2) is 3.97. The van der Waals surface area contributed by atoms with Gasteiger partial charge in [0.1, 0.15) is 6.17 Å². The topological polar surface area (TPSA) is 78.9 Å². The summed E-state index contributed by atoms with van der Waals surface area (Å²) in [6.45, 7) is 0.462. The number of hydrogen-bond acceptors (Lipinski definition) is 3. The van der Waals surface area contributed by atoms with Gasteiger partial charge in [-0.15, -0.1) is 0 Å². The Labute approximate surface area is 75.5 Å². The fourth-order valence-electron chi connectivity index (χ4n) is 1.34. The summed E-state index contributed by atoms with van der Waals surface area (Å²) in [6, 6.07) is 0. The minimum absolute atomic E-state index is 0.440. The Hall–Kier alpha value is -1.46. The molecule has 6 nitrogen and oxygen atoms in total. The number of alkyl carbamates (subject to hydrolysis) is 1. The van der Waals surface area contributed by atoms with Crippen LogP contribution in [0.3, 0.4) is 0 Å². The lowest BCUT2D eigenvalue weighted by Crippen LogP contribution is -2.46. The first-order valence-corrected chi connectivity index (χ1v) is 3.99. The molecule has 74 valence electrons. The number of carbonyl (C=O) groups is 2. The predicted octanol–water partition coefficient (Wildman–Crippen LogP) is 0.442. The maximum Gasteiger partial charge on any atom is 0.408 e. The zero-order valence-electron chi connectivity index (χ0n) is 7.32. The highest BCUT2D eigenvalue weighted by Gasteiger charge is 2.29. The van der Waals surface area contributed by atoms with Crippen molar-refractivity contribution in [3.63, 3.8) is 0 Å². The molecular formula is C7H12N2O4. The van der Waals surface area contributed by atoms with Gasteiger partial charge in [-0.2, -0.15) is 0 Å². The zero-order valence-corrected chi connectivity index (χ0v) is 7.32. The van der Waals surface area contributed by atoms with Crippen molar-refractivity contribution in [2.75, 3.05) is 13.7 Å². The molecule has 1 unspecified atom stereocenters. The number of methoxy groups -OCH3 is 1. The number of carboxylic acid groups (broad SMARTS) is 1. The quantitative estimate of drug-likeness (QED) is 0.625. The van der Waals surface area contributed by atoms with Crippen molar-refractivity contribution in [3.8, 4) is 0 Å². The van der Waals surface area contributed by atoms with Gasteiger partial charge in [0.2, 0.25) is 0 Å². The van der Waals surface area contributed by atoms with Crippen LogP contribution in [0.25, 0.3) is 0 Å². The highest BCUT2D eigenvalue weighted by molar-refractivity contribution is 5.70. The van der Waals surface area contributed by atoms with Gasteiger partial charge in [-0.3, -0.25) is 4.90 Å². The van der Waals surface area contributed by atoms with Gasteiger partial charge >= 0.3 is 12.2 Å². The lowest BCUT2D eigenvalue weighted by atomic mass is 10.3. The summed E-state index contributed by atoms with van der Waals surface area (Å²) in [6.07, 6.45) is -0.649. The van der Waals surface area contributed by atoms with Crippen LogP contribution in [-0.4, -0.2) is 42.0 Å². The highest BCUT2D eigenvalue weighted by Crippen LogP contribution is 2.14. The smallest absolute Gasteiger partial charge is 0.408 e. The number of nitrogens with one attached hydrogen (secondary N) is 1. The van der Waals surface area contributed by atoms with E-state index >= 15 is 0 Å². The second-order valence-electron chi connectivity index (χ2n) is 2.77. The largest absolute Gasteiger partial charge is 0.465 e. The first-order valence-electron chi connectivity index (χ1n) is 3.99. The molecule has 0 spiro atoms. The van der Waals surface area contributed by atoms with Crippen molar-refractivity contribution in [1.29, 1.82) is 0 Å². The molecule has 1 fully saturated rings. The Kier molecular flexibility index (Phi) is 2.94. The minimum atomic E-state index is -1.01. The first kappa shape index (κ1) is 9.63. The van der Waals surface area contributed by atoms with Crippen molar-refractivity contribution in [1.82, 2.24) is 10.2 Å². The normalized spacial score (nSPS) is 21.3. The van der Waals surface area contributed by atoms with Crippen LogP contribution in [0.1, 0.15) is 12.8 Å². The Morgan fingerprint density at radius 1 is 1.62 bits per heavy atom. The van der Waals surface area contributed by atoms with E-state index in [1.807, 2.05) is 0 Å². The molecule has 1 atom stereocenters. The monoisotopic (exact) mass is 188 g/mol. The van der Waals surface area contributed by atoms with E-state index in [0.717, 1.165) is 6.42 Å². The summed E-state index contributed by atoms with van der Waals surface area (Å²) in [5, 5.41) is 11.1. The number of carbonyl (C=O) groups excluding carboxylic acids is 1. The van der Waals surface area contributed by atoms with E-state index in [2.05, 4.69) is 10.1 Å². The van der Waals surface area contributed by atoms with E-state index in [1.54, 1.807) is 0 Å². The standard InChI is InChI=1S/C7H12N2O4/c1-13-6(10)8-5-3-2-4-9(5)7(11)12/h5H,2-4H2,1H3,(H,8,10)(H,11,12). The Bertz CT molecular complexity index is 219. The maximum absolute atomic E-state index is 10.8. The molecule has 0 radical (unpaired) electrons. The van der Waals surface area contributed by atoms with Crippen LogP contribution in [0, 0.1) is 0 Å². The number of rotatable bonds is 1. The molecule has 6 heteroatoms. The summed E-state index contributed by atoms with van der Waals surface area (Å²) in [5.74, 6) is 0. The van der Waals surface area contributed by atoms with Gasteiger partial charge in [-0.25, -0.2) is 9.59 Å². The van der Waals surface area contributed by atoms with E-state index in [9.17, 15) is 9.59 Å². The van der Waals surface area contributed by atoms with Crippen LogP contribution in [0.4, 0.5) is 9.59 Å². The molecule has 13 heavy (non-hydrogen) atoms. The molecule has 1 heterocycles. The van der Waals surface area contributed by atoms with Crippen LogP contribution >= 0.6 is 0 Å². The lowest BCUT2D eigenvalue weighted by molar-refractivity contribution is 0.123. The molecular weight excluding hydrogens is 176 g/mol. The Morgan fingerprint density at radius 2 is 2.31 bits per heavy atom. The first-order chi connectivity index (χ1) is 6.15. The van der Waals surface area contributed by atoms with Crippen molar-refractivity contribution in [2.45, 2.75) is 19.0 Å². The summed E-state index contributed by atoms with van der Waals surface area (Å²) < 4.78 is 4.37. The van der Waals surface area contributed by atoms with Crippen LogP contribution in [0.5, 0.6) is 0 Å². The van der Waals surface area contributed by atoms with Gasteiger partial charge in [0.05, 0.1) is 7.11 Å². The number of hydrogen-bond donors (Lipinski definition) is 2. The molecule has 0 aromatic rings. The number of likely N-dealkylation sites (tertiary alicyclic amines) is 1. The molecule has 1 saturated heterocycles. The van der Waals surface area contributed by atoms with E-state index < -0.39 is 18.4 Å². The average Bonchev–Trinajstić information content (AvgIpc) is 2.52. The van der Waals surface area contributed by atoms with E-state index in [4.69, 9.17) is 5.11 Å². The highest BCUT2D eigenvalue weighted by atomic mass is 16.5. The predicted molar refractivity (Wildman–Crippen MR) is 43.3 cm³/mol. The second-order valence-corrected chi connectivity index (χ2v) is 2.77. The Balaban J connectivity index is 2.48. The molecule has 2 N–H and O–H groups in total. The third kappa shape index (κ3) is 2.24. The fraction of sp³-hybridized carbons (Fsp3) is 0.714. The third-order valence-electron chi connectivity index (χ3n) is 1.97. The van der Waals surface area contributed by atoms with Crippen molar-refractivity contribution in [3.05, 3.63) is 0 Å². The van der Waals surface area contributed by atoms with Crippen molar-refractivity contribution >= 4 is 12.2 Å². The summed E-state index contributed by atoms with van der Waals surface area (Å²) in [5.41, 5.74) is 0. The minimum Gasteiger partial charge on any atom is -0.465 e. The molecule has 1 aliphatic rings. The van der Waals surface area contributed by atoms with Crippen LogP contribution in [-0.2, 0) is 4.74 Å². The van der Waals surface area contributed by atoms with Gasteiger partial charge in [-0.05, 0) is 12.8 Å². The number of nitrogens with zero attached hydrogens (tertiary/aromatic N) is 1. The SMILES string of the molecule is COC(=O)NC1CCCN1C(=O)O. The van der Waals surface area contributed by atoms with Crippen molar-refractivity contribution < 1.29 is 19.4 Å². The van der Waals surface area contributed by atoms with Crippen LogP contribution < -0.4 is 5.32 Å². The number of ether oxygens (including phenoxy) is 1. The molecule has 0 aromatic carbocycles. The molecule has 2 amide bonds. The lowest BCUT2D eigenvalue weighted by Gasteiger charge is -2.21. The van der Waals surface area contributed by atoms with Gasteiger partial charge in [-0.1, -0.05) is 0 Å². The van der Waals surface area contributed by atoms with E-state index in [-0.39, 0.29) is 0 Å². The summed E-state index contributed by atoms with van der Waals surface area (Å²) in [7, 11) is 1.25. The summed E-state index contributed by atoms with van der Waals surface area (Å²) >= 11 is 0. The van der Waals surface area contributed by atoms with Gasteiger partial charge in [0.15, 0.2) is 0 Å². The van der Waals surface area contributed by atoms with E-state index in [0.29, 0.717) is 13.0 Å². The Morgan fingerprint density at radius 3 is 2.85 bits per heavy atom. The molecule has 1 aliphatic heterocycles. The fourth-order valence-corrected chi connectivity index (χ4v) is 1.34. The van der Waals surface area contributed by atoms with Crippen LogP contribution in [0.15, 0.2) is 0 Å². The number of amides is 2. The van der Waals surface area contributed by atoms with Crippen molar-refractivity contribution in [2.24, 2.45) is 0 Å². The van der Waals surface area contributed by atoms with Gasteiger partial charge < -0.3 is 15.2 Å². The molecule has 0 bridgehead atoms. The van der Waals surface area contributed by atoms with Gasteiger partial charge in [0, 0.05) is 6.54 Å². The average molecular weight is 188 g/mol. The third-order valence-corrected chi connectivity index (χ3v) is 1.97. The van der Waals surface area contributed by atoms with Crippen LogP contribution in [0.2, 0.25) is 0 Å². The maximum atomic E-state index is 10.8. The molecule has 0 saturated carbocycles. The van der Waals surface area contributed by atoms with Gasteiger partial charge in [0.25, 0.3) is 0 Å². The molecule has 1 rings (SSSR count). The molecule has 0 aromatic heterocycles.